The van der Waals surface area contributed by atoms with Crippen LogP contribution in [0.3, 0.4) is 0 Å². The van der Waals surface area contributed by atoms with Crippen molar-refractivity contribution in [3.8, 4) is 11.5 Å². The summed E-state index contributed by atoms with van der Waals surface area (Å²) in [4.78, 5) is 12.1. The Morgan fingerprint density at radius 2 is 1.87 bits per heavy atom. The minimum Gasteiger partial charge on any atom is -0.486 e. The monoisotopic (exact) mass is 332 g/mol. The lowest BCUT2D eigenvalue weighted by Crippen LogP contribution is -2.31. The second kappa shape index (κ2) is 6.79. The van der Waals surface area contributed by atoms with E-state index in [1.807, 2.05) is 25.1 Å². The molecule has 0 fully saturated rings. The van der Waals surface area contributed by atoms with Crippen molar-refractivity contribution in [3.05, 3.63) is 53.1 Å². The van der Waals surface area contributed by atoms with Crippen LogP contribution >= 0.6 is 11.6 Å². The Labute approximate surface area is 139 Å². The number of benzene rings is 2. The molecule has 1 aliphatic rings. The number of halogens is 1. The summed E-state index contributed by atoms with van der Waals surface area (Å²) in [5, 5.41) is 6.27. The quantitative estimate of drug-likeness (QED) is 0.893. The molecule has 3 rings (SSSR count). The summed E-state index contributed by atoms with van der Waals surface area (Å²) in [5.74, 6) is 1.32. The van der Waals surface area contributed by atoms with Gasteiger partial charge in [0.1, 0.15) is 13.2 Å². The van der Waals surface area contributed by atoms with E-state index in [1.165, 1.54) is 0 Å². The lowest BCUT2D eigenvalue weighted by Gasteiger charge is -2.20. The van der Waals surface area contributed by atoms with Crippen molar-refractivity contribution in [2.24, 2.45) is 0 Å². The zero-order valence-electron chi connectivity index (χ0n) is 12.6. The van der Waals surface area contributed by atoms with E-state index in [-0.39, 0.29) is 12.1 Å². The molecule has 2 N–H and O–H groups in total. The van der Waals surface area contributed by atoms with Crippen molar-refractivity contribution in [2.45, 2.75) is 13.0 Å². The molecule has 6 heteroatoms. The molecule has 23 heavy (non-hydrogen) atoms. The van der Waals surface area contributed by atoms with Gasteiger partial charge in [-0.2, -0.15) is 0 Å². The Kier molecular flexibility index (Phi) is 4.57. The summed E-state index contributed by atoms with van der Waals surface area (Å²) >= 11 is 6.14. The molecule has 0 saturated carbocycles. The topological polar surface area (TPSA) is 59.6 Å². The van der Waals surface area contributed by atoms with Gasteiger partial charge in [0.15, 0.2) is 11.5 Å². The number of amides is 2. The van der Waals surface area contributed by atoms with E-state index in [9.17, 15) is 4.79 Å². The van der Waals surface area contributed by atoms with E-state index in [0.717, 1.165) is 5.56 Å². The maximum atomic E-state index is 12.1. The number of ether oxygens (including phenoxy) is 2. The maximum Gasteiger partial charge on any atom is 0.319 e. The molecule has 1 heterocycles. The molecule has 5 nitrogen and oxygen atoms in total. The van der Waals surface area contributed by atoms with Crippen molar-refractivity contribution >= 4 is 23.3 Å². The molecule has 2 amide bonds. The average Bonchev–Trinajstić information content (AvgIpc) is 2.55. The van der Waals surface area contributed by atoms with E-state index >= 15 is 0 Å². The first-order valence-corrected chi connectivity index (χ1v) is 7.73. The van der Waals surface area contributed by atoms with E-state index in [4.69, 9.17) is 21.1 Å². The number of hydrogen-bond acceptors (Lipinski definition) is 3. The summed E-state index contributed by atoms with van der Waals surface area (Å²) in [6.45, 7) is 2.92. The van der Waals surface area contributed by atoms with E-state index in [1.54, 1.807) is 24.3 Å². The Balaban J connectivity index is 1.64. The van der Waals surface area contributed by atoms with Gasteiger partial charge in [0.2, 0.25) is 0 Å². The number of carbonyl (C=O) groups is 1. The van der Waals surface area contributed by atoms with Crippen molar-refractivity contribution in [3.63, 3.8) is 0 Å². The second-order valence-corrected chi connectivity index (χ2v) is 5.61. The smallest absolute Gasteiger partial charge is 0.319 e. The fraction of sp³-hybridized carbons (Fsp3) is 0.235. The predicted molar refractivity (Wildman–Crippen MR) is 89.5 cm³/mol. The van der Waals surface area contributed by atoms with Crippen LogP contribution in [0.25, 0.3) is 0 Å². The first-order chi connectivity index (χ1) is 11.1. The fourth-order valence-electron chi connectivity index (χ4n) is 2.39. The standard InChI is InChI=1S/C17H17ClN2O3/c1-11(13-4-2-3-5-14(13)18)19-17(21)20-12-6-7-15-16(10-12)23-9-8-22-15/h2-7,10-11H,8-9H2,1H3,(H2,19,20,21). The maximum absolute atomic E-state index is 12.1. The SMILES string of the molecule is CC(NC(=O)Nc1ccc2c(c1)OCCO2)c1ccccc1Cl. The van der Waals surface area contributed by atoms with Gasteiger partial charge in [-0.05, 0) is 30.7 Å². The first kappa shape index (κ1) is 15.5. The summed E-state index contributed by atoms with van der Waals surface area (Å²) in [6, 6.07) is 12.2. The van der Waals surface area contributed by atoms with Gasteiger partial charge in [0.25, 0.3) is 0 Å². The van der Waals surface area contributed by atoms with Gasteiger partial charge in [-0.1, -0.05) is 29.8 Å². The van der Waals surface area contributed by atoms with Crippen molar-refractivity contribution < 1.29 is 14.3 Å². The summed E-state index contributed by atoms with van der Waals surface area (Å²) < 4.78 is 10.9. The number of anilines is 1. The highest BCUT2D eigenvalue weighted by atomic mass is 35.5. The highest BCUT2D eigenvalue weighted by molar-refractivity contribution is 6.31. The van der Waals surface area contributed by atoms with Crippen LogP contribution in [-0.2, 0) is 0 Å². The Morgan fingerprint density at radius 3 is 2.65 bits per heavy atom. The second-order valence-electron chi connectivity index (χ2n) is 5.20. The number of nitrogens with one attached hydrogen (secondary N) is 2. The molecule has 0 aromatic heterocycles. The lowest BCUT2D eigenvalue weighted by atomic mass is 10.1. The normalized spacial score (nSPS) is 14.0. The van der Waals surface area contributed by atoms with Crippen LogP contribution in [0.4, 0.5) is 10.5 Å². The molecule has 1 aliphatic heterocycles. The number of fused-ring (bicyclic) bond motifs is 1. The minimum atomic E-state index is -0.311. The predicted octanol–water partition coefficient (Wildman–Crippen LogP) is 3.99. The number of hydrogen-bond donors (Lipinski definition) is 2. The van der Waals surface area contributed by atoms with Crippen LogP contribution in [-0.4, -0.2) is 19.2 Å². The van der Waals surface area contributed by atoms with Crippen LogP contribution < -0.4 is 20.1 Å². The zero-order valence-corrected chi connectivity index (χ0v) is 13.4. The minimum absolute atomic E-state index is 0.207. The molecule has 0 aliphatic carbocycles. The van der Waals surface area contributed by atoms with Gasteiger partial charge in [-0.25, -0.2) is 4.79 Å². The molecule has 1 atom stereocenters. The van der Waals surface area contributed by atoms with Gasteiger partial charge >= 0.3 is 6.03 Å². The third-order valence-corrected chi connectivity index (χ3v) is 3.86. The Bertz CT molecular complexity index is 721. The number of rotatable bonds is 3. The van der Waals surface area contributed by atoms with Gasteiger partial charge < -0.3 is 20.1 Å². The van der Waals surface area contributed by atoms with Crippen LogP contribution in [0.2, 0.25) is 5.02 Å². The third kappa shape index (κ3) is 3.68. The largest absolute Gasteiger partial charge is 0.486 e. The van der Waals surface area contributed by atoms with Crippen LogP contribution in [0, 0.1) is 0 Å². The van der Waals surface area contributed by atoms with Gasteiger partial charge in [0.05, 0.1) is 6.04 Å². The van der Waals surface area contributed by atoms with E-state index < -0.39 is 0 Å². The summed E-state index contributed by atoms with van der Waals surface area (Å²) in [6.07, 6.45) is 0. The lowest BCUT2D eigenvalue weighted by molar-refractivity contribution is 0.171. The molecular formula is C17H17ClN2O3. The molecule has 2 aromatic rings. The van der Waals surface area contributed by atoms with Crippen LogP contribution in [0.5, 0.6) is 11.5 Å². The Morgan fingerprint density at radius 1 is 1.13 bits per heavy atom. The molecule has 0 saturated heterocycles. The Hall–Kier alpha value is -2.40. The van der Waals surface area contributed by atoms with Gasteiger partial charge in [0, 0.05) is 16.8 Å². The van der Waals surface area contributed by atoms with Crippen molar-refractivity contribution in [1.29, 1.82) is 0 Å². The average molecular weight is 333 g/mol. The highest BCUT2D eigenvalue weighted by Crippen LogP contribution is 2.32. The van der Waals surface area contributed by atoms with E-state index in [2.05, 4.69) is 10.6 Å². The third-order valence-electron chi connectivity index (χ3n) is 3.52. The zero-order chi connectivity index (χ0) is 16.2. The molecule has 120 valence electrons. The molecule has 1 unspecified atom stereocenters. The summed E-state index contributed by atoms with van der Waals surface area (Å²) in [5.41, 5.74) is 1.50. The summed E-state index contributed by atoms with van der Waals surface area (Å²) in [7, 11) is 0. The molecule has 2 aromatic carbocycles. The van der Waals surface area contributed by atoms with Gasteiger partial charge in [-0.15, -0.1) is 0 Å². The van der Waals surface area contributed by atoms with Crippen LogP contribution in [0.1, 0.15) is 18.5 Å². The first-order valence-electron chi connectivity index (χ1n) is 7.35. The molecule has 0 bridgehead atoms. The van der Waals surface area contributed by atoms with Gasteiger partial charge in [-0.3, -0.25) is 0 Å². The van der Waals surface area contributed by atoms with Crippen LogP contribution in [0.15, 0.2) is 42.5 Å². The molecule has 0 spiro atoms. The van der Waals surface area contributed by atoms with Crippen molar-refractivity contribution in [1.82, 2.24) is 5.32 Å². The highest BCUT2D eigenvalue weighted by Gasteiger charge is 2.15. The number of carbonyl (C=O) groups excluding carboxylic acids is 1. The number of urea groups is 1. The molecule has 0 radical (unpaired) electrons. The van der Waals surface area contributed by atoms with Crippen molar-refractivity contribution in [2.75, 3.05) is 18.5 Å². The van der Waals surface area contributed by atoms with E-state index in [0.29, 0.717) is 35.4 Å². The molecular weight excluding hydrogens is 316 g/mol. The fourth-order valence-corrected chi connectivity index (χ4v) is 2.69.